The second-order valence-electron chi connectivity index (χ2n) is 5.12. The van der Waals surface area contributed by atoms with Crippen LogP contribution >= 0.6 is 12.4 Å². The third-order valence-electron chi connectivity index (χ3n) is 3.22. The van der Waals surface area contributed by atoms with Crippen LogP contribution in [-0.4, -0.2) is 42.5 Å². The van der Waals surface area contributed by atoms with Gasteiger partial charge in [0.1, 0.15) is 5.75 Å². The molecule has 23 heavy (non-hydrogen) atoms. The summed E-state index contributed by atoms with van der Waals surface area (Å²) in [5, 5.41) is 14.9. The number of rotatable bonds is 5. The molecule has 2 unspecified atom stereocenters. The molecule has 0 spiro atoms. The molecule has 130 valence electrons. The maximum absolute atomic E-state index is 12.0. The Hall–Kier alpha value is -1.51. The van der Waals surface area contributed by atoms with Gasteiger partial charge in [-0.3, -0.25) is 4.79 Å². The Kier molecular flexibility index (Phi) is 7.11. The van der Waals surface area contributed by atoms with Crippen LogP contribution in [0.1, 0.15) is 12.0 Å². The number of nitrogens with one attached hydrogen (secondary N) is 2. The molecule has 1 fully saturated rings. The van der Waals surface area contributed by atoms with Gasteiger partial charge in [0.15, 0.2) is 6.61 Å². The number of aliphatic hydroxyl groups excluding tert-OH is 1. The van der Waals surface area contributed by atoms with Gasteiger partial charge in [-0.2, -0.15) is 13.2 Å². The van der Waals surface area contributed by atoms with E-state index in [4.69, 9.17) is 0 Å². The number of hydrogen-bond acceptors (Lipinski definition) is 4. The topological polar surface area (TPSA) is 70.6 Å². The molecular formula is C14H18ClF3N2O3. The number of carbonyl (C=O) groups is 1. The summed E-state index contributed by atoms with van der Waals surface area (Å²) in [5.74, 6) is -0.0954. The molecule has 9 heteroatoms. The van der Waals surface area contributed by atoms with Crippen LogP contribution < -0.4 is 15.4 Å². The molecule has 1 heterocycles. The van der Waals surface area contributed by atoms with Gasteiger partial charge in [0.05, 0.1) is 12.1 Å². The van der Waals surface area contributed by atoms with Gasteiger partial charge in [-0.25, -0.2) is 0 Å². The van der Waals surface area contributed by atoms with E-state index in [0.717, 1.165) is 5.56 Å². The number of β-amino-alcohol motifs (C(OH)–C–C–N with tert-alkyl or cyclic N) is 1. The summed E-state index contributed by atoms with van der Waals surface area (Å²) >= 11 is 0. The van der Waals surface area contributed by atoms with Gasteiger partial charge >= 0.3 is 6.18 Å². The van der Waals surface area contributed by atoms with Crippen molar-refractivity contribution in [2.45, 2.75) is 31.3 Å². The average Bonchev–Trinajstić information content (AvgIpc) is 2.89. The molecule has 1 amide bonds. The lowest BCUT2D eigenvalue weighted by Crippen LogP contribution is -2.39. The van der Waals surface area contributed by atoms with E-state index in [0.29, 0.717) is 13.0 Å². The van der Waals surface area contributed by atoms with Crippen LogP contribution in [-0.2, 0) is 11.3 Å². The number of alkyl halides is 3. The van der Waals surface area contributed by atoms with E-state index in [9.17, 15) is 23.1 Å². The lowest BCUT2D eigenvalue weighted by molar-refractivity contribution is -0.153. The number of carbonyl (C=O) groups excluding carboxylic acids is 1. The summed E-state index contributed by atoms with van der Waals surface area (Å²) < 4.78 is 40.6. The summed E-state index contributed by atoms with van der Waals surface area (Å²) in [5.41, 5.74) is 0.742. The van der Waals surface area contributed by atoms with E-state index in [-0.39, 0.29) is 30.6 Å². The van der Waals surface area contributed by atoms with Crippen molar-refractivity contribution in [1.82, 2.24) is 10.6 Å². The zero-order valence-corrected chi connectivity index (χ0v) is 12.9. The maximum atomic E-state index is 12.0. The van der Waals surface area contributed by atoms with Gasteiger partial charge in [0.2, 0.25) is 5.91 Å². The Balaban J connectivity index is 0.00000264. The lowest BCUT2D eigenvalue weighted by atomic mass is 10.1. The Morgan fingerprint density at radius 1 is 1.35 bits per heavy atom. The van der Waals surface area contributed by atoms with Crippen molar-refractivity contribution in [3.63, 3.8) is 0 Å². The van der Waals surface area contributed by atoms with E-state index in [1.165, 1.54) is 12.1 Å². The number of hydrogen-bond donors (Lipinski definition) is 3. The Morgan fingerprint density at radius 2 is 2.00 bits per heavy atom. The number of ether oxygens (including phenoxy) is 1. The van der Waals surface area contributed by atoms with E-state index in [1.54, 1.807) is 12.1 Å². The molecule has 2 atom stereocenters. The Morgan fingerprint density at radius 3 is 2.52 bits per heavy atom. The molecule has 0 bridgehead atoms. The third-order valence-corrected chi connectivity index (χ3v) is 3.22. The highest BCUT2D eigenvalue weighted by atomic mass is 35.5. The van der Waals surface area contributed by atoms with E-state index in [2.05, 4.69) is 15.4 Å². The number of halogens is 4. The largest absolute Gasteiger partial charge is 0.484 e. The van der Waals surface area contributed by atoms with Crippen LogP contribution in [0.3, 0.4) is 0 Å². The summed E-state index contributed by atoms with van der Waals surface area (Å²) in [7, 11) is 0. The maximum Gasteiger partial charge on any atom is 0.422 e. The van der Waals surface area contributed by atoms with Crippen molar-refractivity contribution in [2.24, 2.45) is 0 Å². The van der Waals surface area contributed by atoms with Crippen LogP contribution in [0.4, 0.5) is 13.2 Å². The van der Waals surface area contributed by atoms with Crippen LogP contribution in [0.15, 0.2) is 24.3 Å². The predicted octanol–water partition coefficient (Wildman–Crippen LogP) is 1.39. The molecule has 0 aromatic heterocycles. The van der Waals surface area contributed by atoms with Crippen molar-refractivity contribution >= 4 is 18.3 Å². The van der Waals surface area contributed by atoms with E-state index in [1.807, 2.05) is 0 Å². The zero-order chi connectivity index (χ0) is 16.2. The lowest BCUT2D eigenvalue weighted by Gasteiger charge is -2.12. The summed E-state index contributed by atoms with van der Waals surface area (Å²) in [4.78, 5) is 11.8. The van der Waals surface area contributed by atoms with Crippen molar-refractivity contribution in [1.29, 1.82) is 0 Å². The molecule has 1 aromatic rings. The first-order valence-electron chi connectivity index (χ1n) is 6.81. The molecule has 0 radical (unpaired) electrons. The summed E-state index contributed by atoms with van der Waals surface area (Å²) in [6.45, 7) is -0.686. The number of amides is 1. The first-order valence-corrected chi connectivity index (χ1v) is 6.81. The van der Waals surface area contributed by atoms with Crippen molar-refractivity contribution < 1.29 is 27.8 Å². The van der Waals surface area contributed by atoms with Gasteiger partial charge in [-0.1, -0.05) is 12.1 Å². The van der Waals surface area contributed by atoms with Crippen molar-refractivity contribution in [2.75, 3.05) is 13.2 Å². The molecule has 0 saturated carbocycles. The van der Waals surface area contributed by atoms with Gasteiger partial charge in [0, 0.05) is 13.1 Å². The highest BCUT2D eigenvalue weighted by Gasteiger charge is 2.28. The smallest absolute Gasteiger partial charge is 0.422 e. The second-order valence-corrected chi connectivity index (χ2v) is 5.12. The minimum Gasteiger partial charge on any atom is -0.484 e. The van der Waals surface area contributed by atoms with Crippen molar-refractivity contribution in [3.8, 4) is 5.75 Å². The van der Waals surface area contributed by atoms with E-state index < -0.39 is 24.9 Å². The number of aliphatic hydroxyl groups is 1. The quantitative estimate of drug-likeness (QED) is 0.747. The molecule has 1 aliphatic heterocycles. The fraction of sp³-hybridized carbons (Fsp3) is 0.500. The first kappa shape index (κ1) is 19.5. The second kappa shape index (κ2) is 8.37. The highest BCUT2D eigenvalue weighted by Crippen LogP contribution is 2.18. The van der Waals surface area contributed by atoms with E-state index >= 15 is 0 Å². The molecule has 1 aromatic carbocycles. The standard InChI is InChI=1S/C14H17F3N2O3.ClH/c15-14(16,17)8-22-11-3-1-9(2-4-11)6-19-13(21)12-5-10(20)7-18-12;/h1-4,10,12,18,20H,5-8H2,(H,19,21);1H. The van der Waals surface area contributed by atoms with Gasteiger partial charge in [0.25, 0.3) is 0 Å². The molecule has 0 aliphatic carbocycles. The van der Waals surface area contributed by atoms with Crippen LogP contribution in [0.25, 0.3) is 0 Å². The molecule has 2 rings (SSSR count). The van der Waals surface area contributed by atoms with Gasteiger partial charge in [-0.05, 0) is 24.1 Å². The molecular weight excluding hydrogens is 337 g/mol. The van der Waals surface area contributed by atoms with Gasteiger partial charge < -0.3 is 20.5 Å². The highest BCUT2D eigenvalue weighted by molar-refractivity contribution is 5.85. The molecule has 1 aliphatic rings. The van der Waals surface area contributed by atoms with Crippen LogP contribution in [0, 0.1) is 0 Å². The normalized spacial score (nSPS) is 20.7. The average molecular weight is 355 g/mol. The van der Waals surface area contributed by atoms with Crippen LogP contribution in [0.2, 0.25) is 0 Å². The molecule has 3 N–H and O–H groups in total. The fourth-order valence-corrected chi connectivity index (χ4v) is 2.10. The Labute approximate surface area is 137 Å². The summed E-state index contributed by atoms with van der Waals surface area (Å²) in [6.07, 6.45) is -4.51. The van der Waals surface area contributed by atoms with Gasteiger partial charge in [-0.15, -0.1) is 12.4 Å². The first-order chi connectivity index (χ1) is 10.3. The zero-order valence-electron chi connectivity index (χ0n) is 12.1. The predicted molar refractivity (Wildman–Crippen MR) is 79.5 cm³/mol. The van der Waals surface area contributed by atoms with Crippen molar-refractivity contribution in [3.05, 3.63) is 29.8 Å². The Bertz CT molecular complexity index is 511. The SMILES string of the molecule is Cl.O=C(NCc1ccc(OCC(F)(F)F)cc1)C1CC(O)CN1. The molecule has 5 nitrogen and oxygen atoms in total. The fourth-order valence-electron chi connectivity index (χ4n) is 2.10. The third kappa shape index (κ3) is 6.64. The summed E-state index contributed by atoms with van der Waals surface area (Å²) in [6, 6.07) is 5.60. The molecule has 1 saturated heterocycles. The monoisotopic (exact) mass is 354 g/mol. The minimum atomic E-state index is -4.37. The minimum absolute atomic E-state index is 0. The van der Waals surface area contributed by atoms with Crippen LogP contribution in [0.5, 0.6) is 5.75 Å². The number of benzene rings is 1.